The third kappa shape index (κ3) is 3.30. The second-order valence-corrected chi connectivity index (χ2v) is 5.45. The summed E-state index contributed by atoms with van der Waals surface area (Å²) in [6.07, 6.45) is 0. The molecule has 24 heavy (non-hydrogen) atoms. The minimum absolute atomic E-state index is 0.274. The molecular formula is C19H22O5. The quantitative estimate of drug-likeness (QED) is 0.615. The Morgan fingerprint density at radius 3 is 1.92 bits per heavy atom. The van der Waals surface area contributed by atoms with E-state index < -0.39 is 5.97 Å². The van der Waals surface area contributed by atoms with E-state index in [1.165, 1.54) is 21.3 Å². The van der Waals surface area contributed by atoms with Gasteiger partial charge in [-0.1, -0.05) is 12.1 Å². The molecular weight excluding hydrogens is 308 g/mol. The summed E-state index contributed by atoms with van der Waals surface area (Å²) in [5.41, 5.74) is 3.16. The van der Waals surface area contributed by atoms with Gasteiger partial charge >= 0.3 is 5.97 Å². The Hall–Kier alpha value is -2.69. The van der Waals surface area contributed by atoms with Gasteiger partial charge in [0.1, 0.15) is 17.1 Å². The molecule has 2 aromatic carbocycles. The first kappa shape index (κ1) is 17.7. The largest absolute Gasteiger partial charge is 0.496 e. The summed E-state index contributed by atoms with van der Waals surface area (Å²) in [5, 5.41) is 0. The molecule has 0 amide bonds. The van der Waals surface area contributed by atoms with Gasteiger partial charge in [-0.25, -0.2) is 4.79 Å². The Labute approximate surface area is 142 Å². The number of esters is 1. The van der Waals surface area contributed by atoms with Crippen LogP contribution in [0.1, 0.15) is 27.0 Å². The summed E-state index contributed by atoms with van der Waals surface area (Å²) >= 11 is 0. The number of ether oxygens (including phenoxy) is 4. The van der Waals surface area contributed by atoms with Crippen molar-refractivity contribution in [2.45, 2.75) is 20.8 Å². The minimum atomic E-state index is -0.510. The van der Waals surface area contributed by atoms with Gasteiger partial charge in [-0.15, -0.1) is 0 Å². The third-order valence-electron chi connectivity index (χ3n) is 3.99. The van der Waals surface area contributed by atoms with E-state index in [9.17, 15) is 4.79 Å². The van der Waals surface area contributed by atoms with Gasteiger partial charge in [-0.3, -0.25) is 0 Å². The summed E-state index contributed by atoms with van der Waals surface area (Å²) in [6.45, 7) is 5.81. The summed E-state index contributed by atoms with van der Waals surface area (Å²) in [5.74, 6) is 1.33. The van der Waals surface area contributed by atoms with Crippen molar-refractivity contribution in [3.8, 4) is 23.0 Å². The van der Waals surface area contributed by atoms with Crippen molar-refractivity contribution in [2.75, 3.05) is 21.3 Å². The van der Waals surface area contributed by atoms with Crippen molar-refractivity contribution in [2.24, 2.45) is 0 Å². The van der Waals surface area contributed by atoms with Crippen LogP contribution in [-0.2, 0) is 0 Å². The molecule has 0 bridgehead atoms. The number of rotatable bonds is 5. The lowest BCUT2D eigenvalue weighted by Gasteiger charge is -2.15. The van der Waals surface area contributed by atoms with Crippen LogP contribution in [0.25, 0.3) is 0 Å². The fourth-order valence-corrected chi connectivity index (χ4v) is 2.42. The molecule has 0 spiro atoms. The van der Waals surface area contributed by atoms with E-state index in [1.54, 1.807) is 12.1 Å². The van der Waals surface area contributed by atoms with Gasteiger partial charge in [0.15, 0.2) is 11.5 Å². The van der Waals surface area contributed by atoms with Gasteiger partial charge in [0.25, 0.3) is 0 Å². The number of carbonyl (C=O) groups is 1. The van der Waals surface area contributed by atoms with Crippen LogP contribution in [0.2, 0.25) is 0 Å². The molecule has 0 aromatic heterocycles. The lowest BCUT2D eigenvalue weighted by molar-refractivity contribution is 0.0728. The Balaban J connectivity index is 2.45. The molecule has 0 fully saturated rings. The van der Waals surface area contributed by atoms with E-state index >= 15 is 0 Å². The molecule has 0 radical (unpaired) electrons. The average Bonchev–Trinajstić information content (AvgIpc) is 2.60. The molecule has 0 N–H and O–H groups in total. The molecule has 0 heterocycles. The lowest BCUT2D eigenvalue weighted by atomic mass is 10.1. The van der Waals surface area contributed by atoms with Crippen LogP contribution in [0, 0.1) is 20.8 Å². The molecule has 0 saturated carbocycles. The van der Waals surface area contributed by atoms with Crippen LogP contribution in [0.4, 0.5) is 0 Å². The highest BCUT2D eigenvalue weighted by Gasteiger charge is 2.21. The van der Waals surface area contributed by atoms with E-state index in [-0.39, 0.29) is 5.56 Å². The monoisotopic (exact) mass is 330 g/mol. The molecule has 0 aliphatic heterocycles. The molecule has 0 aliphatic carbocycles. The second-order valence-electron chi connectivity index (χ2n) is 5.45. The molecule has 128 valence electrons. The van der Waals surface area contributed by atoms with Gasteiger partial charge in [0.05, 0.1) is 21.3 Å². The van der Waals surface area contributed by atoms with E-state index in [2.05, 4.69) is 0 Å². The Bertz CT molecular complexity index is 765. The number of benzene rings is 2. The van der Waals surface area contributed by atoms with E-state index in [1.807, 2.05) is 32.9 Å². The third-order valence-corrected chi connectivity index (χ3v) is 3.99. The first-order valence-electron chi connectivity index (χ1n) is 7.51. The van der Waals surface area contributed by atoms with Crippen LogP contribution >= 0.6 is 0 Å². The lowest BCUT2D eigenvalue weighted by Crippen LogP contribution is -2.12. The zero-order chi connectivity index (χ0) is 17.9. The predicted molar refractivity (Wildman–Crippen MR) is 91.7 cm³/mol. The second kappa shape index (κ2) is 7.25. The van der Waals surface area contributed by atoms with E-state index in [4.69, 9.17) is 18.9 Å². The predicted octanol–water partition coefficient (Wildman–Crippen LogP) is 3.86. The summed E-state index contributed by atoms with van der Waals surface area (Å²) < 4.78 is 21.4. The van der Waals surface area contributed by atoms with Crippen molar-refractivity contribution in [3.05, 3.63) is 46.5 Å². The number of methoxy groups -OCH3 is 3. The molecule has 2 rings (SSSR count). The number of hydrogen-bond donors (Lipinski definition) is 0. The van der Waals surface area contributed by atoms with Crippen LogP contribution in [0.5, 0.6) is 23.0 Å². The molecule has 0 unspecified atom stereocenters. The fraction of sp³-hybridized carbons (Fsp3) is 0.316. The van der Waals surface area contributed by atoms with Gasteiger partial charge in [0.2, 0.25) is 0 Å². The number of hydrogen-bond acceptors (Lipinski definition) is 5. The maximum atomic E-state index is 12.7. The van der Waals surface area contributed by atoms with Crippen molar-refractivity contribution < 1.29 is 23.7 Å². The fourth-order valence-electron chi connectivity index (χ4n) is 2.42. The van der Waals surface area contributed by atoms with Crippen LogP contribution in [0.3, 0.4) is 0 Å². The van der Waals surface area contributed by atoms with Gasteiger partial charge < -0.3 is 18.9 Å². The zero-order valence-electron chi connectivity index (χ0n) is 14.9. The van der Waals surface area contributed by atoms with Crippen LogP contribution in [-0.4, -0.2) is 27.3 Å². The summed E-state index contributed by atoms with van der Waals surface area (Å²) in [4.78, 5) is 12.7. The maximum Gasteiger partial charge on any atom is 0.347 e. The van der Waals surface area contributed by atoms with Crippen molar-refractivity contribution in [1.29, 1.82) is 0 Å². The SMILES string of the molecule is COc1cc(OC)c(C(=O)Oc2c(C)ccc(C)c2C)cc1OC. The topological polar surface area (TPSA) is 54.0 Å². The van der Waals surface area contributed by atoms with Gasteiger partial charge in [0, 0.05) is 12.1 Å². The molecule has 2 aromatic rings. The number of carbonyl (C=O) groups excluding carboxylic acids is 1. The molecule has 0 aliphatic rings. The van der Waals surface area contributed by atoms with Gasteiger partial charge in [-0.05, 0) is 37.5 Å². The normalized spacial score (nSPS) is 10.2. The highest BCUT2D eigenvalue weighted by atomic mass is 16.5. The summed E-state index contributed by atoms with van der Waals surface area (Å²) in [6, 6.07) is 7.08. The highest BCUT2D eigenvalue weighted by molar-refractivity contribution is 5.95. The first-order valence-corrected chi connectivity index (χ1v) is 7.51. The minimum Gasteiger partial charge on any atom is -0.496 e. The smallest absolute Gasteiger partial charge is 0.347 e. The van der Waals surface area contributed by atoms with Crippen molar-refractivity contribution in [3.63, 3.8) is 0 Å². The van der Waals surface area contributed by atoms with Crippen molar-refractivity contribution in [1.82, 2.24) is 0 Å². The van der Waals surface area contributed by atoms with E-state index in [0.29, 0.717) is 23.0 Å². The Kier molecular flexibility index (Phi) is 5.34. The molecule has 5 heteroatoms. The number of aryl methyl sites for hydroxylation is 2. The van der Waals surface area contributed by atoms with Crippen LogP contribution < -0.4 is 18.9 Å². The molecule has 5 nitrogen and oxygen atoms in total. The Morgan fingerprint density at radius 2 is 1.33 bits per heavy atom. The van der Waals surface area contributed by atoms with Crippen molar-refractivity contribution >= 4 is 5.97 Å². The standard InChI is InChI=1S/C19H22O5/c1-11-7-8-12(2)18(13(11)3)24-19(20)14-9-16(22-5)17(23-6)10-15(14)21-4/h7-10H,1-6H3. The summed E-state index contributed by atoms with van der Waals surface area (Å²) in [7, 11) is 4.52. The van der Waals surface area contributed by atoms with Gasteiger partial charge in [-0.2, -0.15) is 0 Å². The van der Waals surface area contributed by atoms with Crippen LogP contribution in [0.15, 0.2) is 24.3 Å². The molecule has 0 atom stereocenters. The molecule has 0 saturated heterocycles. The average molecular weight is 330 g/mol. The maximum absolute atomic E-state index is 12.7. The van der Waals surface area contributed by atoms with E-state index in [0.717, 1.165) is 16.7 Å². The first-order chi connectivity index (χ1) is 11.4. The Morgan fingerprint density at radius 1 is 0.792 bits per heavy atom. The zero-order valence-corrected chi connectivity index (χ0v) is 14.9. The highest BCUT2D eigenvalue weighted by Crippen LogP contribution is 2.35.